The molecule has 0 aliphatic heterocycles. The van der Waals surface area contributed by atoms with Gasteiger partial charge in [0.05, 0.1) is 15.3 Å². The Hall–Kier alpha value is 0.710. The van der Waals surface area contributed by atoms with Crippen LogP contribution < -0.4 is 0 Å². The van der Waals surface area contributed by atoms with Crippen LogP contribution >= 0.6 is 30.4 Å². The number of hydrogen-bond donors (Lipinski definition) is 0. The van der Waals surface area contributed by atoms with Gasteiger partial charge in [0.2, 0.25) is 0 Å². The highest BCUT2D eigenvalue weighted by Gasteiger charge is 2.52. The third kappa shape index (κ3) is 4.60. The first-order valence-electron chi connectivity index (χ1n) is 8.51. The molecule has 4 heteroatoms. The summed E-state index contributed by atoms with van der Waals surface area (Å²) < 4.78 is 5.92. The molecule has 0 aromatic heterocycles. The van der Waals surface area contributed by atoms with Crippen molar-refractivity contribution in [2.24, 2.45) is 23.2 Å². The quantitative estimate of drug-likeness (QED) is 0.286. The summed E-state index contributed by atoms with van der Waals surface area (Å²) in [5, 5.41) is 0. The van der Waals surface area contributed by atoms with Crippen LogP contribution in [0.5, 0.6) is 0 Å². The molecule has 0 bridgehead atoms. The average Bonchev–Trinajstić information content (AvgIpc) is 2.85. The van der Waals surface area contributed by atoms with E-state index in [1.807, 2.05) is 13.8 Å². The molecule has 0 N–H and O–H groups in total. The van der Waals surface area contributed by atoms with E-state index in [1.165, 1.54) is 41.3 Å². The molecule has 124 valence electrons. The van der Waals surface area contributed by atoms with Crippen LogP contribution in [0.25, 0.3) is 0 Å². The molecular weight excluding hydrogens is 395 g/mol. The number of halogens is 1. The van der Waals surface area contributed by atoms with E-state index in [4.69, 9.17) is 4.18 Å². The lowest BCUT2D eigenvalue weighted by Crippen LogP contribution is -2.41. The third-order valence-corrected chi connectivity index (χ3v) is 6.67. The Morgan fingerprint density at radius 1 is 1.38 bits per heavy atom. The van der Waals surface area contributed by atoms with Crippen molar-refractivity contribution >= 4 is 36.7 Å². The molecule has 0 aromatic rings. The van der Waals surface area contributed by atoms with Crippen molar-refractivity contribution in [1.82, 2.24) is 0 Å². The van der Waals surface area contributed by atoms with E-state index in [2.05, 4.69) is 35.1 Å². The first-order valence-corrected chi connectivity index (χ1v) is 11.8. The summed E-state index contributed by atoms with van der Waals surface area (Å²) in [6.45, 7) is 8.83. The van der Waals surface area contributed by atoms with Gasteiger partial charge in [0, 0.05) is 27.6 Å². The Morgan fingerprint density at radius 2 is 2.10 bits per heavy atom. The van der Waals surface area contributed by atoms with Gasteiger partial charge in [-0.1, -0.05) is 34.1 Å². The van der Waals surface area contributed by atoms with Crippen molar-refractivity contribution < 1.29 is 8.98 Å². The number of aldehydes is 1. The van der Waals surface area contributed by atoms with Crippen molar-refractivity contribution in [3.05, 3.63) is 0 Å². The summed E-state index contributed by atoms with van der Waals surface area (Å²) in [6, 6.07) is 0. The van der Waals surface area contributed by atoms with Gasteiger partial charge >= 0.3 is 0 Å². The zero-order chi connectivity index (χ0) is 15.9. The van der Waals surface area contributed by atoms with Crippen LogP contribution in [0.2, 0.25) is 0 Å². The SMILES string of the molecule is CC.CC(CCC=O)C1CCC2C(OSI)CCCC12C. The molecular formula is C17H31IO2S. The van der Waals surface area contributed by atoms with E-state index in [0.717, 1.165) is 31.0 Å². The lowest BCUT2D eigenvalue weighted by molar-refractivity contribution is -0.108. The molecule has 2 rings (SSSR count). The molecule has 2 fully saturated rings. The number of hydrogen-bond acceptors (Lipinski definition) is 3. The Bertz CT molecular complexity index is 311. The fourth-order valence-electron chi connectivity index (χ4n) is 4.79. The topological polar surface area (TPSA) is 26.3 Å². The Balaban J connectivity index is 0.00000106. The number of carbonyl (C=O) groups excluding carboxylic acids is 1. The predicted octanol–water partition coefficient (Wildman–Crippen LogP) is 6.23. The maximum Gasteiger partial charge on any atom is 0.120 e. The zero-order valence-electron chi connectivity index (χ0n) is 13.9. The van der Waals surface area contributed by atoms with Crippen LogP contribution in [0.3, 0.4) is 0 Å². The fraction of sp³-hybridized carbons (Fsp3) is 0.941. The lowest BCUT2D eigenvalue weighted by atomic mass is 9.61. The molecule has 5 unspecified atom stereocenters. The second-order valence-corrected chi connectivity index (χ2v) is 8.00. The highest BCUT2D eigenvalue weighted by Crippen LogP contribution is 2.59. The van der Waals surface area contributed by atoms with Crippen LogP contribution in [0.4, 0.5) is 0 Å². The second kappa shape index (κ2) is 9.76. The van der Waals surface area contributed by atoms with Gasteiger partial charge in [-0.05, 0) is 55.3 Å². The van der Waals surface area contributed by atoms with Gasteiger partial charge in [-0.3, -0.25) is 0 Å². The van der Waals surface area contributed by atoms with Gasteiger partial charge in [-0.2, -0.15) is 0 Å². The minimum Gasteiger partial charge on any atom is -0.303 e. The molecule has 5 atom stereocenters. The summed E-state index contributed by atoms with van der Waals surface area (Å²) in [4.78, 5) is 10.6. The van der Waals surface area contributed by atoms with Crippen molar-refractivity contribution in [3.8, 4) is 0 Å². The van der Waals surface area contributed by atoms with Crippen molar-refractivity contribution in [2.75, 3.05) is 0 Å². The third-order valence-electron chi connectivity index (χ3n) is 5.72. The van der Waals surface area contributed by atoms with Crippen LogP contribution in [0, 0.1) is 23.2 Å². The Labute approximate surface area is 147 Å². The smallest absolute Gasteiger partial charge is 0.120 e. The summed E-state index contributed by atoms with van der Waals surface area (Å²) in [5.41, 5.74) is 0.442. The molecule has 0 spiro atoms. The van der Waals surface area contributed by atoms with E-state index in [0.29, 0.717) is 17.4 Å². The van der Waals surface area contributed by atoms with E-state index < -0.39 is 0 Å². The molecule has 2 aliphatic rings. The summed E-state index contributed by atoms with van der Waals surface area (Å²) >= 11 is 2.24. The Morgan fingerprint density at radius 3 is 2.71 bits per heavy atom. The maximum atomic E-state index is 10.6. The second-order valence-electron chi connectivity index (χ2n) is 6.61. The van der Waals surface area contributed by atoms with Crippen molar-refractivity contribution in [2.45, 2.75) is 78.7 Å². The predicted molar refractivity (Wildman–Crippen MR) is 100 cm³/mol. The molecule has 2 aliphatic carbocycles. The van der Waals surface area contributed by atoms with E-state index in [9.17, 15) is 4.79 Å². The first-order chi connectivity index (χ1) is 10.1. The number of rotatable bonds is 6. The summed E-state index contributed by atoms with van der Waals surface area (Å²) in [6.07, 6.45) is 9.82. The molecule has 0 heterocycles. The average molecular weight is 426 g/mol. The summed E-state index contributed by atoms with van der Waals surface area (Å²) in [5.74, 6) is 2.18. The molecule has 2 saturated carbocycles. The van der Waals surface area contributed by atoms with Gasteiger partial charge in [-0.25, -0.2) is 0 Å². The maximum absolute atomic E-state index is 10.6. The minimum absolute atomic E-state index is 0.442. The van der Waals surface area contributed by atoms with E-state index >= 15 is 0 Å². The first kappa shape index (κ1) is 19.8. The van der Waals surface area contributed by atoms with Crippen LogP contribution in [0.1, 0.15) is 72.6 Å². The fourth-order valence-corrected chi connectivity index (χ4v) is 5.91. The van der Waals surface area contributed by atoms with E-state index in [-0.39, 0.29) is 0 Å². The van der Waals surface area contributed by atoms with Crippen LogP contribution in [0.15, 0.2) is 0 Å². The van der Waals surface area contributed by atoms with Gasteiger partial charge < -0.3 is 8.98 Å². The standard InChI is InChI=1S/C15H25IO2S.C2H6/c1-11(5-4-10-17)12-7-8-13-14(18-19-16)6-3-9-15(12,13)2;1-2/h10-14H,3-9H2,1-2H3;1-2H3. The highest BCUT2D eigenvalue weighted by molar-refractivity contribution is 14.2. The normalized spacial score (nSPS) is 36.3. The molecule has 2 nitrogen and oxygen atoms in total. The lowest BCUT2D eigenvalue weighted by Gasteiger charge is -2.46. The number of fused-ring (bicyclic) bond motifs is 1. The Kier molecular flexibility index (Phi) is 9.18. The van der Waals surface area contributed by atoms with E-state index in [1.54, 1.807) is 0 Å². The van der Waals surface area contributed by atoms with Gasteiger partial charge in [0.15, 0.2) is 0 Å². The molecule has 0 aromatic carbocycles. The van der Waals surface area contributed by atoms with Crippen LogP contribution in [-0.4, -0.2) is 12.4 Å². The molecule has 0 radical (unpaired) electrons. The van der Waals surface area contributed by atoms with Crippen LogP contribution in [-0.2, 0) is 8.98 Å². The van der Waals surface area contributed by atoms with Crippen molar-refractivity contribution in [3.63, 3.8) is 0 Å². The number of carbonyl (C=O) groups is 1. The van der Waals surface area contributed by atoms with Gasteiger partial charge in [0.1, 0.15) is 6.29 Å². The molecule has 21 heavy (non-hydrogen) atoms. The van der Waals surface area contributed by atoms with Gasteiger partial charge in [-0.15, -0.1) is 0 Å². The summed E-state index contributed by atoms with van der Waals surface area (Å²) in [7, 11) is 1.50. The molecule has 0 saturated heterocycles. The minimum atomic E-state index is 0.442. The molecule has 0 amide bonds. The monoisotopic (exact) mass is 426 g/mol. The van der Waals surface area contributed by atoms with Gasteiger partial charge in [0.25, 0.3) is 0 Å². The zero-order valence-corrected chi connectivity index (χ0v) is 16.9. The largest absolute Gasteiger partial charge is 0.303 e. The highest BCUT2D eigenvalue weighted by atomic mass is 127. The van der Waals surface area contributed by atoms with Crippen molar-refractivity contribution in [1.29, 1.82) is 0 Å².